The van der Waals surface area contributed by atoms with Crippen LogP contribution in [0.4, 0.5) is 5.69 Å². The average Bonchev–Trinajstić information content (AvgIpc) is 1.85. The van der Waals surface area contributed by atoms with Gasteiger partial charge in [0.25, 0.3) is 0 Å². The summed E-state index contributed by atoms with van der Waals surface area (Å²) >= 11 is 3.06. The summed E-state index contributed by atoms with van der Waals surface area (Å²) in [4.78, 5) is 0. The van der Waals surface area contributed by atoms with Gasteiger partial charge in [0.05, 0.1) is 0 Å². The van der Waals surface area contributed by atoms with Gasteiger partial charge in [0.1, 0.15) is 4.62 Å². The summed E-state index contributed by atoms with van der Waals surface area (Å²) in [5.41, 5.74) is 8.15. The molecule has 0 aliphatic heterocycles. The first-order valence-electron chi connectivity index (χ1n) is 3.22. The molecular formula is C8H9BrN2. The molecule has 1 aromatic carbocycles. The predicted octanol–water partition coefficient (Wildman–Crippen LogP) is 2.30. The van der Waals surface area contributed by atoms with Crippen molar-refractivity contribution in [2.24, 2.45) is 0 Å². The highest BCUT2D eigenvalue weighted by Gasteiger charge is 2.00. The van der Waals surface area contributed by atoms with E-state index in [1.807, 2.05) is 25.1 Å². The number of nitrogens with two attached hydrogens (primary N) is 1. The summed E-state index contributed by atoms with van der Waals surface area (Å²) in [6.45, 7) is 1.97. The maximum Gasteiger partial charge on any atom is 0.106 e. The molecule has 11 heavy (non-hydrogen) atoms. The van der Waals surface area contributed by atoms with Gasteiger partial charge in [-0.25, -0.2) is 0 Å². The number of nitrogens with one attached hydrogen (secondary N) is 1. The third-order valence-electron chi connectivity index (χ3n) is 1.44. The van der Waals surface area contributed by atoms with Gasteiger partial charge in [0.2, 0.25) is 0 Å². The number of aryl methyl sites for hydroxylation is 1. The van der Waals surface area contributed by atoms with E-state index < -0.39 is 0 Å². The summed E-state index contributed by atoms with van der Waals surface area (Å²) in [7, 11) is 0. The lowest BCUT2D eigenvalue weighted by Crippen LogP contribution is -1.96. The second-order valence-corrected chi connectivity index (χ2v) is 3.20. The summed E-state index contributed by atoms with van der Waals surface area (Å²) in [6, 6.07) is 5.62. The van der Waals surface area contributed by atoms with Crippen LogP contribution < -0.4 is 5.73 Å². The number of hydrogen-bond acceptors (Lipinski definition) is 2. The molecule has 0 atom stereocenters. The normalized spacial score (nSPS) is 9.64. The van der Waals surface area contributed by atoms with E-state index in [2.05, 4.69) is 15.9 Å². The zero-order valence-electron chi connectivity index (χ0n) is 6.19. The van der Waals surface area contributed by atoms with Crippen molar-refractivity contribution >= 4 is 26.2 Å². The van der Waals surface area contributed by atoms with Crippen molar-refractivity contribution in [3.05, 3.63) is 29.3 Å². The fourth-order valence-electron chi connectivity index (χ4n) is 0.882. The lowest BCUT2D eigenvalue weighted by molar-refractivity contribution is 1.45. The maximum absolute atomic E-state index is 7.28. The van der Waals surface area contributed by atoms with Gasteiger partial charge in [-0.15, -0.1) is 0 Å². The molecule has 58 valence electrons. The van der Waals surface area contributed by atoms with Gasteiger partial charge < -0.3 is 5.73 Å². The largest absolute Gasteiger partial charge is 0.398 e. The molecule has 0 amide bonds. The first-order chi connectivity index (χ1) is 5.11. The van der Waals surface area contributed by atoms with E-state index in [1.165, 1.54) is 0 Å². The molecule has 0 fully saturated rings. The molecule has 0 radical (unpaired) electrons. The Morgan fingerprint density at radius 3 is 2.64 bits per heavy atom. The van der Waals surface area contributed by atoms with Crippen LogP contribution in [0.25, 0.3) is 0 Å². The molecule has 1 rings (SSSR count). The molecule has 2 nitrogen and oxygen atoms in total. The molecule has 3 N–H and O–H groups in total. The summed E-state index contributed by atoms with van der Waals surface area (Å²) < 4.78 is 0.329. The van der Waals surface area contributed by atoms with Crippen molar-refractivity contribution in [2.75, 3.05) is 5.73 Å². The van der Waals surface area contributed by atoms with E-state index in [0.29, 0.717) is 10.3 Å². The summed E-state index contributed by atoms with van der Waals surface area (Å²) in [6.07, 6.45) is 0. The Morgan fingerprint density at radius 1 is 1.55 bits per heavy atom. The highest BCUT2D eigenvalue weighted by molar-refractivity contribution is 9.18. The number of benzene rings is 1. The van der Waals surface area contributed by atoms with Crippen LogP contribution in [0.1, 0.15) is 11.1 Å². The number of anilines is 1. The van der Waals surface area contributed by atoms with Crippen molar-refractivity contribution in [2.45, 2.75) is 6.92 Å². The predicted molar refractivity (Wildman–Crippen MR) is 51.3 cm³/mol. The van der Waals surface area contributed by atoms with Gasteiger partial charge in [-0.2, -0.15) is 0 Å². The Labute approximate surface area is 74.1 Å². The van der Waals surface area contributed by atoms with E-state index in [4.69, 9.17) is 11.1 Å². The highest BCUT2D eigenvalue weighted by Crippen LogP contribution is 2.16. The molecule has 0 bridgehead atoms. The van der Waals surface area contributed by atoms with Gasteiger partial charge in [-0.1, -0.05) is 6.07 Å². The number of rotatable bonds is 1. The van der Waals surface area contributed by atoms with E-state index in [-0.39, 0.29) is 0 Å². The first-order valence-corrected chi connectivity index (χ1v) is 4.01. The smallest absolute Gasteiger partial charge is 0.106 e. The van der Waals surface area contributed by atoms with Gasteiger partial charge in [-0.05, 0) is 40.5 Å². The van der Waals surface area contributed by atoms with Gasteiger partial charge in [0, 0.05) is 11.3 Å². The number of hydrogen-bond donors (Lipinski definition) is 2. The van der Waals surface area contributed by atoms with Gasteiger partial charge >= 0.3 is 0 Å². The van der Waals surface area contributed by atoms with Gasteiger partial charge in [-0.3, -0.25) is 5.41 Å². The topological polar surface area (TPSA) is 49.9 Å². The van der Waals surface area contributed by atoms with Crippen LogP contribution in [0.15, 0.2) is 18.2 Å². The standard InChI is InChI=1S/C8H9BrN2/c1-5-2-3-6(8(9)11)7(10)4-5/h2-4,11H,10H2,1H3. The van der Waals surface area contributed by atoms with Gasteiger partial charge in [0.15, 0.2) is 0 Å². The molecule has 0 saturated heterocycles. The molecular weight excluding hydrogens is 204 g/mol. The van der Waals surface area contributed by atoms with Crippen LogP contribution in [-0.2, 0) is 0 Å². The molecule has 3 heteroatoms. The van der Waals surface area contributed by atoms with Crippen molar-refractivity contribution in [3.63, 3.8) is 0 Å². The van der Waals surface area contributed by atoms with Crippen LogP contribution in [0, 0.1) is 12.3 Å². The molecule has 0 spiro atoms. The fraction of sp³-hybridized carbons (Fsp3) is 0.125. The third kappa shape index (κ3) is 1.80. The quantitative estimate of drug-likeness (QED) is 0.545. The molecule has 0 unspecified atom stereocenters. The SMILES string of the molecule is Cc1ccc(C(=N)Br)c(N)c1. The van der Waals surface area contributed by atoms with Crippen LogP contribution in [0.2, 0.25) is 0 Å². The highest BCUT2D eigenvalue weighted by atomic mass is 79.9. The Morgan fingerprint density at radius 2 is 2.18 bits per heavy atom. The van der Waals surface area contributed by atoms with Crippen molar-refractivity contribution in [1.82, 2.24) is 0 Å². The molecule has 0 aliphatic carbocycles. The Bertz CT molecular complexity index is 294. The lowest BCUT2D eigenvalue weighted by Gasteiger charge is -2.02. The van der Waals surface area contributed by atoms with E-state index in [1.54, 1.807) is 0 Å². The lowest BCUT2D eigenvalue weighted by atomic mass is 10.1. The molecule has 0 saturated carbocycles. The Hall–Kier alpha value is -0.830. The van der Waals surface area contributed by atoms with Crippen molar-refractivity contribution in [3.8, 4) is 0 Å². The van der Waals surface area contributed by atoms with Crippen LogP contribution in [0.5, 0.6) is 0 Å². The monoisotopic (exact) mass is 212 g/mol. The number of nitrogen functional groups attached to an aromatic ring is 1. The molecule has 0 aromatic heterocycles. The zero-order chi connectivity index (χ0) is 8.43. The summed E-state index contributed by atoms with van der Waals surface area (Å²) in [5, 5.41) is 7.28. The van der Waals surface area contributed by atoms with Crippen molar-refractivity contribution < 1.29 is 0 Å². The molecule has 0 heterocycles. The van der Waals surface area contributed by atoms with Crippen molar-refractivity contribution in [1.29, 1.82) is 5.41 Å². The summed E-state index contributed by atoms with van der Waals surface area (Å²) in [5.74, 6) is 0. The van der Waals surface area contributed by atoms with E-state index in [0.717, 1.165) is 11.1 Å². The van der Waals surface area contributed by atoms with Crippen LogP contribution in [-0.4, -0.2) is 4.62 Å². The third-order valence-corrected chi connectivity index (χ3v) is 1.87. The van der Waals surface area contributed by atoms with E-state index in [9.17, 15) is 0 Å². The average molecular weight is 213 g/mol. The van der Waals surface area contributed by atoms with Crippen LogP contribution >= 0.6 is 15.9 Å². The minimum atomic E-state index is 0.329. The second-order valence-electron chi connectivity index (χ2n) is 2.40. The Kier molecular flexibility index (Phi) is 2.29. The minimum Gasteiger partial charge on any atom is -0.398 e. The Balaban J connectivity index is 3.20. The zero-order valence-corrected chi connectivity index (χ0v) is 7.77. The minimum absolute atomic E-state index is 0.329. The second kappa shape index (κ2) is 3.05. The molecule has 1 aromatic rings. The maximum atomic E-state index is 7.28. The first kappa shape index (κ1) is 8.27. The van der Waals surface area contributed by atoms with E-state index >= 15 is 0 Å². The number of halogens is 1. The molecule has 0 aliphatic rings. The van der Waals surface area contributed by atoms with Crippen LogP contribution in [0.3, 0.4) is 0 Å². The fourth-order valence-corrected chi connectivity index (χ4v) is 1.24.